The summed E-state index contributed by atoms with van der Waals surface area (Å²) in [5.41, 5.74) is -1.74. The number of rotatable bonds is 9. The molecule has 1 unspecified atom stereocenters. The molecule has 0 bridgehead atoms. The van der Waals surface area contributed by atoms with Gasteiger partial charge < -0.3 is 31.3 Å². The Kier molecular flexibility index (Phi) is 12.0. The molecule has 3 fully saturated rings. The van der Waals surface area contributed by atoms with Crippen molar-refractivity contribution >= 4 is 34.7 Å². The van der Waals surface area contributed by atoms with Crippen LogP contribution in [-0.4, -0.2) is 103 Å². The van der Waals surface area contributed by atoms with Gasteiger partial charge in [-0.3, -0.25) is 9.59 Å². The van der Waals surface area contributed by atoms with Crippen molar-refractivity contribution in [1.82, 2.24) is 30.5 Å². The van der Waals surface area contributed by atoms with Gasteiger partial charge in [-0.2, -0.15) is 0 Å². The number of thiol groups is 1. The Morgan fingerprint density at radius 2 is 1.76 bits per heavy atom. The molecule has 0 radical (unpaired) electrons. The molecule has 1 saturated carbocycles. The number of aliphatic carboxylic acids is 1. The highest BCUT2D eigenvalue weighted by Gasteiger charge is 2.61. The van der Waals surface area contributed by atoms with Crippen molar-refractivity contribution in [2.75, 3.05) is 33.2 Å². The number of likely N-dealkylation sites (N-methyl/N-ethyl adjacent to an activating group) is 1. The molecule has 4 amide bonds. The first-order chi connectivity index (χ1) is 19.8. The van der Waals surface area contributed by atoms with Gasteiger partial charge >= 0.3 is 12.0 Å². The van der Waals surface area contributed by atoms with Crippen molar-refractivity contribution in [2.45, 2.75) is 109 Å². The first-order valence-electron chi connectivity index (χ1n) is 15.3. The summed E-state index contributed by atoms with van der Waals surface area (Å²) in [4.78, 5) is 54.0. The van der Waals surface area contributed by atoms with Gasteiger partial charge in [0.2, 0.25) is 22.7 Å². The van der Waals surface area contributed by atoms with Crippen molar-refractivity contribution < 1.29 is 32.7 Å². The second-order valence-electron chi connectivity index (χ2n) is 13.0. The predicted molar refractivity (Wildman–Crippen MR) is 158 cm³/mol. The fraction of sp³-hybridized carbons (Fsp3) is 0.857. The molecule has 0 aromatic rings. The quantitative estimate of drug-likeness (QED) is 0.207. The van der Waals surface area contributed by atoms with Gasteiger partial charge in [-0.25, -0.2) is 22.3 Å². The van der Waals surface area contributed by atoms with Crippen LogP contribution in [0, 0.1) is 11.3 Å². The van der Waals surface area contributed by atoms with Gasteiger partial charge in [-0.05, 0) is 50.5 Å². The average Bonchev–Trinajstić information content (AvgIpc) is 3.37. The second kappa shape index (κ2) is 14.8. The highest BCUT2D eigenvalue weighted by atomic mass is 32.2. The number of nitrogens with one attached hydrogen (secondary N) is 4. The fourth-order valence-electron chi connectivity index (χ4n) is 6.07. The number of carbonyl (C=O) groups excluding carboxylic acids is 3. The summed E-state index contributed by atoms with van der Waals surface area (Å²) < 4.78 is 25.0. The van der Waals surface area contributed by atoms with Gasteiger partial charge in [0.05, 0.1) is 0 Å². The molecule has 13 nitrogen and oxygen atoms in total. The van der Waals surface area contributed by atoms with E-state index in [1.807, 2.05) is 20.8 Å². The normalized spacial score (nSPS) is 28.2. The van der Waals surface area contributed by atoms with E-state index in [-0.39, 0.29) is 24.9 Å². The van der Waals surface area contributed by atoms with Crippen LogP contribution in [0.5, 0.6) is 0 Å². The van der Waals surface area contributed by atoms with E-state index < -0.39 is 57.9 Å². The summed E-state index contributed by atoms with van der Waals surface area (Å²) in [5, 5.41) is 21.3. The molecule has 0 aromatic carbocycles. The van der Waals surface area contributed by atoms with E-state index in [1.165, 1.54) is 9.21 Å². The van der Waals surface area contributed by atoms with Gasteiger partial charge in [0, 0.05) is 32.2 Å². The Morgan fingerprint density at radius 1 is 1.10 bits per heavy atom. The van der Waals surface area contributed by atoms with Crippen LogP contribution in [0.3, 0.4) is 0 Å². The largest absolute Gasteiger partial charge is 0.479 e. The molecule has 14 heteroatoms. The van der Waals surface area contributed by atoms with E-state index in [2.05, 4.69) is 21.3 Å². The van der Waals surface area contributed by atoms with Crippen molar-refractivity contribution in [3.8, 4) is 0 Å². The molecular formula is C28H50N6O7S. The van der Waals surface area contributed by atoms with Crippen LogP contribution in [0.2, 0.25) is 0 Å². The third-order valence-corrected chi connectivity index (χ3v) is 9.74. The minimum absolute atomic E-state index is 0.0800. The van der Waals surface area contributed by atoms with Crippen molar-refractivity contribution in [2.24, 2.45) is 11.3 Å². The number of nitrogens with zero attached hydrogens (tertiary/aromatic N) is 2. The molecule has 2 heterocycles. The Labute approximate surface area is 251 Å². The minimum Gasteiger partial charge on any atom is -0.479 e. The van der Waals surface area contributed by atoms with Crippen LogP contribution in [0.1, 0.15) is 85.0 Å². The van der Waals surface area contributed by atoms with Gasteiger partial charge in [-0.1, -0.05) is 52.9 Å². The molecule has 5 atom stereocenters. The summed E-state index contributed by atoms with van der Waals surface area (Å²) in [7, 11) is -1.13. The SMILES string of the molecule is CNCCN(C[C@@H](NC(=O)N[C@H]1CCCCCCCC2C[C@@]2(C(=O)O)NC(=O)[C@@H]2CCCN2C1=O)C(C)(C)C)[SH](=O)=O. The molecule has 1 aliphatic carbocycles. The fourth-order valence-corrected chi connectivity index (χ4v) is 6.63. The van der Waals surface area contributed by atoms with Gasteiger partial charge in [0.1, 0.15) is 17.6 Å². The molecule has 0 spiro atoms. The number of hydrogen-bond donors (Lipinski definition) is 6. The third-order valence-electron chi connectivity index (χ3n) is 8.92. The number of carboxylic acids is 1. The molecular weight excluding hydrogens is 564 g/mol. The smallest absolute Gasteiger partial charge is 0.329 e. The summed E-state index contributed by atoms with van der Waals surface area (Å²) in [6.07, 6.45) is 6.90. The van der Waals surface area contributed by atoms with Crippen LogP contribution in [0.25, 0.3) is 0 Å². The Hall–Kier alpha value is -2.45. The van der Waals surface area contributed by atoms with Crippen LogP contribution in [0.15, 0.2) is 0 Å². The highest BCUT2D eigenvalue weighted by molar-refractivity contribution is 7.69. The Bertz CT molecular complexity index is 1060. The van der Waals surface area contributed by atoms with E-state index in [0.29, 0.717) is 45.2 Å². The standard InChI is InChI=1S/C28H50N6O7S/c1-27(2,3)22(18-33(42(40)41)16-14-29-4)31-26(39)30-20-12-9-7-5-6-8-11-19-17-28(19,25(37)38)32-23(35)21-13-10-15-34(21)24(20)36/h19-22,29,42H,5-18H2,1-4H3,(H,32,35)(H,37,38)(H2,30,31,39)/t19?,20-,21-,22+,28+/m0/s1. The first kappa shape index (κ1) is 34.0. The molecule has 5 N–H and O–H groups in total. The van der Waals surface area contributed by atoms with Crippen molar-refractivity contribution in [1.29, 1.82) is 0 Å². The molecule has 0 aromatic heterocycles. The number of fused-ring (bicyclic) bond motifs is 2. The maximum absolute atomic E-state index is 13.8. The summed E-state index contributed by atoms with van der Waals surface area (Å²) in [6, 6.07) is -2.78. The third kappa shape index (κ3) is 8.79. The van der Waals surface area contributed by atoms with E-state index in [9.17, 15) is 32.7 Å². The Balaban J connectivity index is 1.76. The monoisotopic (exact) mass is 614 g/mol. The number of carboxylic acid groups (broad SMARTS) is 1. The van der Waals surface area contributed by atoms with Crippen LogP contribution >= 0.6 is 0 Å². The zero-order valence-electron chi connectivity index (χ0n) is 25.4. The molecule has 2 aliphatic heterocycles. The topological polar surface area (TPSA) is 177 Å². The molecule has 3 aliphatic rings. The summed E-state index contributed by atoms with van der Waals surface area (Å²) in [5.74, 6) is -1.95. The number of amides is 4. The zero-order chi connectivity index (χ0) is 31.1. The van der Waals surface area contributed by atoms with Gasteiger partial charge in [0.15, 0.2) is 0 Å². The number of urea groups is 1. The lowest BCUT2D eigenvalue weighted by molar-refractivity contribution is -0.145. The van der Waals surface area contributed by atoms with Gasteiger partial charge in [-0.15, -0.1) is 0 Å². The Morgan fingerprint density at radius 3 is 2.38 bits per heavy atom. The van der Waals surface area contributed by atoms with Crippen molar-refractivity contribution in [3.63, 3.8) is 0 Å². The lowest BCUT2D eigenvalue weighted by atomic mass is 9.86. The van der Waals surface area contributed by atoms with E-state index in [4.69, 9.17) is 0 Å². The van der Waals surface area contributed by atoms with Crippen molar-refractivity contribution in [3.05, 3.63) is 0 Å². The van der Waals surface area contributed by atoms with E-state index >= 15 is 0 Å². The highest BCUT2D eigenvalue weighted by Crippen LogP contribution is 2.47. The maximum atomic E-state index is 13.8. The number of carbonyl (C=O) groups is 4. The first-order valence-corrected chi connectivity index (χ1v) is 16.4. The minimum atomic E-state index is -2.86. The number of hydrogen-bond acceptors (Lipinski definition) is 7. The van der Waals surface area contributed by atoms with Gasteiger partial charge in [0.25, 0.3) is 0 Å². The lowest BCUT2D eigenvalue weighted by Crippen LogP contribution is -2.59. The molecule has 2 saturated heterocycles. The molecule has 240 valence electrons. The van der Waals surface area contributed by atoms with Crippen LogP contribution < -0.4 is 21.3 Å². The summed E-state index contributed by atoms with van der Waals surface area (Å²) >= 11 is 0. The van der Waals surface area contributed by atoms with E-state index in [1.54, 1.807) is 7.05 Å². The lowest BCUT2D eigenvalue weighted by Gasteiger charge is -2.35. The molecule has 3 rings (SSSR count). The average molecular weight is 615 g/mol. The summed E-state index contributed by atoms with van der Waals surface area (Å²) in [6.45, 7) is 6.86. The predicted octanol–water partition coefficient (Wildman–Crippen LogP) is 0.812. The van der Waals surface area contributed by atoms with Crippen LogP contribution in [-0.2, 0) is 25.3 Å². The van der Waals surface area contributed by atoms with E-state index in [0.717, 1.165) is 32.1 Å². The second-order valence-corrected chi connectivity index (χ2v) is 14.1. The van der Waals surface area contributed by atoms with Crippen LogP contribution in [0.4, 0.5) is 4.79 Å². The zero-order valence-corrected chi connectivity index (χ0v) is 26.3. The maximum Gasteiger partial charge on any atom is 0.329 e. The molecule has 42 heavy (non-hydrogen) atoms.